The number of rotatable bonds is 1. The Bertz CT molecular complexity index is 888. The van der Waals surface area contributed by atoms with Gasteiger partial charge in [-0.2, -0.15) is 0 Å². The maximum atomic E-state index is 4.62. The van der Waals surface area contributed by atoms with E-state index in [1.807, 2.05) is 17.4 Å². The summed E-state index contributed by atoms with van der Waals surface area (Å²) in [6.07, 6.45) is 0. The van der Waals surface area contributed by atoms with E-state index in [9.17, 15) is 0 Å². The number of fused-ring (bicyclic) bond motifs is 2. The Balaban J connectivity index is 2.06. The van der Waals surface area contributed by atoms with Crippen molar-refractivity contribution in [3.63, 3.8) is 0 Å². The minimum absolute atomic E-state index is 1.07. The van der Waals surface area contributed by atoms with Gasteiger partial charge in [-0.3, -0.25) is 4.98 Å². The molecule has 2 aromatic carbocycles. The number of pyridine rings is 1. The zero-order valence-electron chi connectivity index (χ0n) is 11.1. The number of aromatic nitrogens is 1. The fourth-order valence-corrected chi connectivity index (χ4v) is 3.72. The molecule has 0 saturated heterocycles. The third-order valence-corrected chi connectivity index (χ3v) is 4.68. The summed E-state index contributed by atoms with van der Waals surface area (Å²) in [6.45, 7) is 2.06. The van der Waals surface area contributed by atoms with Crippen LogP contribution in [0.5, 0.6) is 0 Å². The molecule has 96 valence electrons. The minimum atomic E-state index is 1.07. The van der Waals surface area contributed by atoms with Gasteiger partial charge in [0.05, 0.1) is 5.52 Å². The summed E-state index contributed by atoms with van der Waals surface area (Å²) in [4.78, 5) is 5.93. The molecule has 0 unspecified atom stereocenters. The Hall–Kier alpha value is -2.19. The van der Waals surface area contributed by atoms with Gasteiger partial charge in [-0.05, 0) is 36.6 Å². The predicted molar refractivity (Wildman–Crippen MR) is 87.3 cm³/mol. The van der Waals surface area contributed by atoms with Crippen molar-refractivity contribution in [2.45, 2.75) is 6.92 Å². The topological polar surface area (TPSA) is 12.9 Å². The van der Waals surface area contributed by atoms with Gasteiger partial charge in [0.1, 0.15) is 0 Å². The van der Waals surface area contributed by atoms with Crippen molar-refractivity contribution >= 4 is 32.3 Å². The number of nitrogens with zero attached hydrogens (tertiary/aromatic N) is 1. The minimum Gasteiger partial charge on any atom is -0.253 e. The summed E-state index contributed by atoms with van der Waals surface area (Å²) in [6, 6.07) is 21.4. The van der Waals surface area contributed by atoms with Gasteiger partial charge in [0.2, 0.25) is 0 Å². The van der Waals surface area contributed by atoms with Gasteiger partial charge in [0.25, 0.3) is 0 Å². The molecule has 0 atom stereocenters. The molecule has 2 heteroatoms. The second-order valence-electron chi connectivity index (χ2n) is 4.98. The normalized spacial score (nSPS) is 11.2. The summed E-state index contributed by atoms with van der Waals surface area (Å²) in [7, 11) is 0. The average molecular weight is 275 g/mol. The van der Waals surface area contributed by atoms with Crippen LogP contribution in [0.15, 0.2) is 60.7 Å². The number of thiophene rings is 1. The molecule has 0 bridgehead atoms. The molecule has 1 nitrogen and oxygen atoms in total. The lowest BCUT2D eigenvalue weighted by atomic mass is 10.1. The summed E-state index contributed by atoms with van der Waals surface area (Å²) < 4.78 is 1.33. The summed E-state index contributed by atoms with van der Waals surface area (Å²) in [5.74, 6) is 0. The van der Waals surface area contributed by atoms with Crippen LogP contribution in [0, 0.1) is 6.92 Å². The molecule has 4 rings (SSSR count). The van der Waals surface area contributed by atoms with Crippen molar-refractivity contribution in [2.75, 3.05) is 0 Å². The lowest BCUT2D eigenvalue weighted by molar-refractivity contribution is 1.26. The van der Waals surface area contributed by atoms with Crippen LogP contribution >= 0.6 is 11.3 Å². The largest absolute Gasteiger partial charge is 0.253 e. The number of aryl methyl sites for hydroxylation is 1. The van der Waals surface area contributed by atoms with Gasteiger partial charge < -0.3 is 0 Å². The lowest BCUT2D eigenvalue weighted by Gasteiger charge is -2.05. The van der Waals surface area contributed by atoms with Crippen molar-refractivity contribution in [2.24, 2.45) is 0 Å². The predicted octanol–water partition coefficient (Wildman–Crippen LogP) is 5.42. The van der Waals surface area contributed by atoms with E-state index < -0.39 is 0 Å². The van der Waals surface area contributed by atoms with Crippen LogP contribution in [0.2, 0.25) is 0 Å². The van der Waals surface area contributed by atoms with E-state index in [1.165, 1.54) is 25.9 Å². The zero-order valence-corrected chi connectivity index (χ0v) is 11.9. The average Bonchev–Trinajstić information content (AvgIpc) is 2.90. The second-order valence-corrected chi connectivity index (χ2v) is 6.06. The first-order chi connectivity index (χ1) is 9.81. The number of hydrogen-bond acceptors (Lipinski definition) is 2. The monoisotopic (exact) mass is 275 g/mol. The third-order valence-electron chi connectivity index (χ3n) is 3.54. The van der Waals surface area contributed by atoms with Crippen LogP contribution in [-0.4, -0.2) is 4.98 Å². The Kier molecular flexibility index (Phi) is 2.57. The Labute approximate surface area is 121 Å². The van der Waals surface area contributed by atoms with Gasteiger partial charge in [0.15, 0.2) is 0 Å². The van der Waals surface area contributed by atoms with Crippen LogP contribution in [0.25, 0.3) is 31.4 Å². The van der Waals surface area contributed by atoms with Crippen LogP contribution in [0.1, 0.15) is 5.69 Å². The van der Waals surface area contributed by atoms with E-state index in [0.29, 0.717) is 0 Å². The van der Waals surface area contributed by atoms with Crippen LogP contribution in [0.3, 0.4) is 0 Å². The van der Waals surface area contributed by atoms with Crippen molar-refractivity contribution in [3.8, 4) is 10.4 Å². The molecule has 0 aliphatic heterocycles. The van der Waals surface area contributed by atoms with Gasteiger partial charge in [0, 0.05) is 26.2 Å². The highest BCUT2D eigenvalue weighted by Crippen LogP contribution is 2.36. The van der Waals surface area contributed by atoms with Crippen molar-refractivity contribution < 1.29 is 0 Å². The van der Waals surface area contributed by atoms with E-state index in [-0.39, 0.29) is 0 Å². The molecule has 4 aromatic rings. The highest BCUT2D eigenvalue weighted by Gasteiger charge is 2.09. The van der Waals surface area contributed by atoms with E-state index in [4.69, 9.17) is 0 Å². The van der Waals surface area contributed by atoms with Crippen molar-refractivity contribution in [1.82, 2.24) is 4.98 Å². The molecule has 0 fully saturated rings. The summed E-state index contributed by atoms with van der Waals surface area (Å²) >= 11 is 1.85. The number of hydrogen-bond donors (Lipinski definition) is 0. The smallest absolute Gasteiger partial charge is 0.0711 e. The zero-order chi connectivity index (χ0) is 13.5. The van der Waals surface area contributed by atoms with E-state index in [1.54, 1.807) is 0 Å². The molecular weight excluding hydrogens is 262 g/mol. The third kappa shape index (κ3) is 1.81. The first-order valence-corrected chi connectivity index (χ1v) is 7.48. The van der Waals surface area contributed by atoms with Crippen molar-refractivity contribution in [3.05, 3.63) is 66.4 Å². The molecule has 2 aromatic heterocycles. The highest BCUT2D eigenvalue weighted by molar-refractivity contribution is 7.22. The molecule has 0 aliphatic carbocycles. The van der Waals surface area contributed by atoms with Crippen molar-refractivity contribution in [1.29, 1.82) is 0 Å². The Morgan fingerprint density at radius 1 is 0.900 bits per heavy atom. The van der Waals surface area contributed by atoms with Gasteiger partial charge >= 0.3 is 0 Å². The lowest BCUT2D eigenvalue weighted by Crippen LogP contribution is -1.86. The standard InChI is InChI=1S/C18H13NS/c1-12-10-15(14-7-3-4-8-16(14)19-12)18-11-13-6-2-5-9-17(13)20-18/h2-11H,1H3. The fourth-order valence-electron chi connectivity index (χ4n) is 2.63. The van der Waals surface area contributed by atoms with Gasteiger partial charge in [-0.25, -0.2) is 0 Å². The maximum Gasteiger partial charge on any atom is 0.0711 e. The molecule has 0 N–H and O–H groups in total. The van der Waals surface area contributed by atoms with Gasteiger partial charge in [-0.1, -0.05) is 36.4 Å². The number of benzene rings is 2. The molecule has 0 radical (unpaired) electrons. The Morgan fingerprint density at radius 3 is 2.60 bits per heavy atom. The van der Waals surface area contributed by atoms with Gasteiger partial charge in [-0.15, -0.1) is 11.3 Å². The molecular formula is C18H13NS. The van der Waals surface area contributed by atoms with E-state index in [0.717, 1.165) is 11.2 Å². The maximum absolute atomic E-state index is 4.62. The fraction of sp³-hybridized carbons (Fsp3) is 0.0556. The van der Waals surface area contributed by atoms with Crippen LogP contribution in [-0.2, 0) is 0 Å². The quantitative estimate of drug-likeness (QED) is 0.451. The highest BCUT2D eigenvalue weighted by atomic mass is 32.1. The van der Waals surface area contributed by atoms with E-state index in [2.05, 4.69) is 66.5 Å². The summed E-state index contributed by atoms with van der Waals surface area (Å²) in [5, 5.41) is 2.54. The first kappa shape index (κ1) is 11.6. The molecule has 0 spiro atoms. The Morgan fingerprint density at radius 2 is 1.70 bits per heavy atom. The summed E-state index contributed by atoms with van der Waals surface area (Å²) in [5.41, 5.74) is 3.42. The SMILES string of the molecule is Cc1cc(-c2cc3ccccc3s2)c2ccccc2n1. The molecule has 20 heavy (non-hydrogen) atoms. The first-order valence-electron chi connectivity index (χ1n) is 6.66. The molecule has 2 heterocycles. The molecule has 0 aliphatic rings. The number of para-hydroxylation sites is 1. The molecule has 0 amide bonds. The van der Waals surface area contributed by atoms with Crippen LogP contribution in [0.4, 0.5) is 0 Å². The van der Waals surface area contributed by atoms with E-state index >= 15 is 0 Å². The second kappa shape index (κ2) is 4.43. The van der Waals surface area contributed by atoms with Crippen LogP contribution < -0.4 is 0 Å². The molecule has 0 saturated carbocycles.